The van der Waals surface area contributed by atoms with Gasteiger partial charge in [0.05, 0.1) is 31.3 Å². The van der Waals surface area contributed by atoms with E-state index in [1.807, 2.05) is 48.5 Å². The molecule has 5 rings (SSSR count). The summed E-state index contributed by atoms with van der Waals surface area (Å²) >= 11 is 6.93. The van der Waals surface area contributed by atoms with Gasteiger partial charge in [-0.05, 0) is 54.6 Å². The summed E-state index contributed by atoms with van der Waals surface area (Å²) in [5, 5.41) is 4.66. The molecule has 0 saturated carbocycles. The number of nitrogens with zero attached hydrogens (tertiary/aromatic N) is 4. The summed E-state index contributed by atoms with van der Waals surface area (Å²) in [5.74, 6) is 0.565. The smallest absolute Gasteiger partial charge is 0.433 e. The number of halogens is 5. The third-order valence-corrected chi connectivity index (χ3v) is 6.81. The molecule has 0 fully saturated rings. The van der Waals surface area contributed by atoms with E-state index in [1.165, 1.54) is 18.9 Å². The second kappa shape index (κ2) is 10.8. The maximum absolute atomic E-state index is 14.1. The molecule has 198 valence electrons. The van der Waals surface area contributed by atoms with E-state index >= 15 is 0 Å². The van der Waals surface area contributed by atoms with Gasteiger partial charge in [0.15, 0.2) is 17.2 Å². The van der Waals surface area contributed by atoms with Crippen molar-refractivity contribution in [1.29, 1.82) is 0 Å². The van der Waals surface area contributed by atoms with Gasteiger partial charge >= 0.3 is 6.18 Å². The van der Waals surface area contributed by atoms with Crippen molar-refractivity contribution in [3.63, 3.8) is 0 Å². The minimum absolute atomic E-state index is 0.0491. The maximum atomic E-state index is 14.1. The van der Waals surface area contributed by atoms with E-state index in [2.05, 4.69) is 46.9 Å². The highest BCUT2D eigenvalue weighted by Gasteiger charge is 2.34. The molecule has 0 bridgehead atoms. The Labute approximate surface area is 238 Å². The average Bonchev–Trinajstić information content (AvgIpc) is 3.38. The van der Waals surface area contributed by atoms with Crippen LogP contribution in [0.4, 0.5) is 13.2 Å². The Balaban J connectivity index is 1.76. The van der Waals surface area contributed by atoms with Gasteiger partial charge in [-0.15, -0.1) is 0 Å². The number of methoxy groups -OCH3 is 2. The molecule has 2 aromatic heterocycles. The summed E-state index contributed by atoms with van der Waals surface area (Å²) in [6, 6.07) is 22.3. The van der Waals surface area contributed by atoms with Crippen LogP contribution in [0, 0.1) is 0 Å². The van der Waals surface area contributed by atoms with Gasteiger partial charge in [0.1, 0.15) is 0 Å². The first-order valence-corrected chi connectivity index (χ1v) is 13.1. The van der Waals surface area contributed by atoms with E-state index in [-0.39, 0.29) is 11.6 Å². The molecule has 11 heteroatoms. The zero-order chi connectivity index (χ0) is 27.7. The first-order valence-electron chi connectivity index (χ1n) is 11.5. The molecule has 2 heterocycles. The van der Waals surface area contributed by atoms with Gasteiger partial charge in [-0.25, -0.2) is 9.97 Å². The topological polar surface area (TPSA) is 62.1 Å². The lowest BCUT2D eigenvalue weighted by Crippen LogP contribution is -2.14. The lowest BCUT2D eigenvalue weighted by molar-refractivity contribution is -0.141. The van der Waals surface area contributed by atoms with Gasteiger partial charge in [-0.2, -0.15) is 23.0 Å². The largest absolute Gasteiger partial charge is 0.493 e. The van der Waals surface area contributed by atoms with E-state index < -0.39 is 11.9 Å². The third kappa shape index (κ3) is 5.69. The van der Waals surface area contributed by atoms with Gasteiger partial charge in [0, 0.05) is 25.6 Å². The van der Waals surface area contributed by atoms with Crippen LogP contribution in [0.5, 0.6) is 11.5 Å². The highest BCUT2D eigenvalue weighted by atomic mass is 79.9. The van der Waals surface area contributed by atoms with Crippen molar-refractivity contribution in [2.45, 2.75) is 6.18 Å². The minimum Gasteiger partial charge on any atom is -0.493 e. The van der Waals surface area contributed by atoms with E-state index in [0.717, 1.165) is 20.6 Å². The van der Waals surface area contributed by atoms with Crippen LogP contribution < -0.4 is 9.47 Å². The molecule has 6 nitrogen and oxygen atoms in total. The molecule has 0 unspecified atom stereocenters. The summed E-state index contributed by atoms with van der Waals surface area (Å²) in [4.78, 5) is 8.42. The zero-order valence-electron chi connectivity index (χ0n) is 20.5. The van der Waals surface area contributed by atoms with E-state index in [4.69, 9.17) is 9.47 Å². The quantitative estimate of drug-likeness (QED) is 0.184. The second-order valence-electron chi connectivity index (χ2n) is 8.35. The first kappa shape index (κ1) is 26.9. The van der Waals surface area contributed by atoms with Crippen molar-refractivity contribution in [3.05, 3.63) is 93.5 Å². The van der Waals surface area contributed by atoms with Crippen LogP contribution >= 0.6 is 31.9 Å². The zero-order valence-corrected chi connectivity index (χ0v) is 23.7. The fraction of sp³-hybridized carbons (Fsp3) is 0.107. The highest BCUT2D eigenvalue weighted by Crippen LogP contribution is 2.36. The van der Waals surface area contributed by atoms with Gasteiger partial charge < -0.3 is 9.47 Å². The second-order valence-corrected chi connectivity index (χ2v) is 10.2. The average molecular weight is 660 g/mol. The lowest BCUT2D eigenvalue weighted by atomic mass is 10.1. The molecule has 0 aliphatic carbocycles. The summed E-state index contributed by atoms with van der Waals surface area (Å²) in [6.07, 6.45) is -4.72. The van der Waals surface area contributed by atoms with Gasteiger partial charge in [-0.1, -0.05) is 56.1 Å². The first-order chi connectivity index (χ1) is 18.7. The molecule has 0 atom stereocenters. The number of hydrogen-bond donors (Lipinski definition) is 0. The molecular formula is C28H19Br2F3N4O2. The van der Waals surface area contributed by atoms with Gasteiger partial charge in [-0.3, -0.25) is 0 Å². The fourth-order valence-corrected chi connectivity index (χ4v) is 4.79. The molecule has 0 saturated heterocycles. The Hall–Kier alpha value is -3.70. The number of hydrogen-bond acceptors (Lipinski definition) is 5. The van der Waals surface area contributed by atoms with E-state index in [9.17, 15) is 13.2 Å². The predicted molar refractivity (Wildman–Crippen MR) is 149 cm³/mol. The van der Waals surface area contributed by atoms with Crippen LogP contribution in [0.2, 0.25) is 0 Å². The summed E-state index contributed by atoms with van der Waals surface area (Å²) < 4.78 is 55.8. The molecule has 0 N–H and O–H groups in total. The molecule has 0 aliphatic heterocycles. The van der Waals surface area contributed by atoms with Crippen LogP contribution in [-0.4, -0.2) is 34.0 Å². The van der Waals surface area contributed by atoms with Gasteiger partial charge in [0.25, 0.3) is 5.95 Å². The highest BCUT2D eigenvalue weighted by molar-refractivity contribution is 9.10. The Morgan fingerprint density at radius 2 is 1.33 bits per heavy atom. The van der Waals surface area contributed by atoms with Gasteiger partial charge in [0.2, 0.25) is 0 Å². The Morgan fingerprint density at radius 3 is 1.97 bits per heavy atom. The van der Waals surface area contributed by atoms with E-state index in [0.29, 0.717) is 34.0 Å². The third-order valence-electron chi connectivity index (χ3n) is 5.82. The monoisotopic (exact) mass is 658 g/mol. The van der Waals surface area contributed by atoms with Crippen LogP contribution in [0.15, 0.2) is 87.8 Å². The Kier molecular flexibility index (Phi) is 7.46. The van der Waals surface area contributed by atoms with Crippen LogP contribution in [0.25, 0.3) is 39.7 Å². The molecule has 0 aliphatic rings. The number of rotatable bonds is 6. The molecule has 5 aromatic rings. The standard InChI is InChI=1S/C28H19Br2F3N4O2/c1-38-24-10-9-17(13-25(24)39-2)21-15-26(28(31,32)33)35-27(34-21)37-23(18-6-4-8-20(30)12-18)14-22(36-37)16-5-3-7-19(29)11-16/h3-15H,1-2H3. The summed E-state index contributed by atoms with van der Waals surface area (Å²) in [6.45, 7) is 0. The maximum Gasteiger partial charge on any atom is 0.433 e. The van der Waals surface area contributed by atoms with E-state index in [1.54, 1.807) is 24.3 Å². The van der Waals surface area contributed by atoms with Crippen molar-refractivity contribution in [2.24, 2.45) is 0 Å². The number of ether oxygens (including phenoxy) is 2. The number of alkyl halides is 3. The fourth-order valence-electron chi connectivity index (χ4n) is 3.99. The molecule has 0 radical (unpaired) electrons. The summed E-state index contributed by atoms with van der Waals surface area (Å²) in [7, 11) is 2.93. The minimum atomic E-state index is -4.72. The molecule has 3 aromatic carbocycles. The number of aromatic nitrogens is 4. The van der Waals surface area contributed by atoms with Crippen molar-refractivity contribution < 1.29 is 22.6 Å². The molecule has 0 spiro atoms. The SMILES string of the molecule is COc1ccc(-c2cc(C(F)(F)F)nc(-n3nc(-c4cccc(Br)c4)cc3-c3cccc(Br)c3)n2)cc1OC. The summed E-state index contributed by atoms with van der Waals surface area (Å²) in [5.41, 5.74) is 1.89. The molecular weight excluding hydrogens is 641 g/mol. The van der Waals surface area contributed by atoms with Crippen LogP contribution in [0.1, 0.15) is 5.69 Å². The van der Waals surface area contributed by atoms with Crippen molar-refractivity contribution in [1.82, 2.24) is 19.7 Å². The van der Waals surface area contributed by atoms with Crippen molar-refractivity contribution in [2.75, 3.05) is 14.2 Å². The lowest BCUT2D eigenvalue weighted by Gasteiger charge is -2.14. The normalized spacial score (nSPS) is 11.5. The Morgan fingerprint density at radius 1 is 0.692 bits per heavy atom. The molecule has 39 heavy (non-hydrogen) atoms. The molecule has 0 amide bonds. The Bertz CT molecular complexity index is 1670. The van der Waals surface area contributed by atoms with Crippen molar-refractivity contribution in [3.8, 4) is 51.2 Å². The van der Waals surface area contributed by atoms with Crippen LogP contribution in [-0.2, 0) is 6.18 Å². The van der Waals surface area contributed by atoms with Crippen molar-refractivity contribution >= 4 is 31.9 Å². The predicted octanol–water partition coefficient (Wildman–Crippen LogP) is 8.22. The van der Waals surface area contributed by atoms with Crippen LogP contribution in [0.3, 0.4) is 0 Å². The number of benzene rings is 3.